The molecule has 9 nitrogen and oxygen atoms in total. The van der Waals surface area contributed by atoms with E-state index in [1.165, 1.54) is 27.8 Å². The van der Waals surface area contributed by atoms with Crippen LogP contribution in [0, 0.1) is 5.92 Å². The van der Waals surface area contributed by atoms with Crippen molar-refractivity contribution in [3.05, 3.63) is 45.8 Å². The topological polar surface area (TPSA) is 119 Å². The average molecular weight is 563 g/mol. The summed E-state index contributed by atoms with van der Waals surface area (Å²) in [6.07, 6.45) is 4.58. The molecule has 0 amide bonds. The molecule has 0 unspecified atom stereocenters. The molecule has 0 saturated carbocycles. The van der Waals surface area contributed by atoms with Crippen LogP contribution in [0.3, 0.4) is 0 Å². The zero-order chi connectivity index (χ0) is 27.3. The summed E-state index contributed by atoms with van der Waals surface area (Å²) >= 11 is 1.48. The zero-order valence-corrected chi connectivity index (χ0v) is 23.4. The Kier molecular flexibility index (Phi) is 9.22. The highest BCUT2D eigenvalue weighted by Gasteiger charge is 2.33. The second-order valence-corrected chi connectivity index (χ2v) is 12.4. The van der Waals surface area contributed by atoms with Crippen LogP contribution in [0.4, 0.5) is 5.00 Å². The molecule has 11 heteroatoms. The van der Waals surface area contributed by atoms with E-state index >= 15 is 0 Å². The first-order valence-electron chi connectivity index (χ1n) is 13.1. The van der Waals surface area contributed by atoms with Crippen molar-refractivity contribution in [1.29, 1.82) is 0 Å². The SMILES string of the molecule is CCOC(=O)c1c(NCC(=O)c2cccc(S(=O)(=O)N3CCC(C(=O)OCC)CC3)c2)sc2c1CCCC2. The molecule has 2 aliphatic rings. The van der Waals surface area contributed by atoms with Crippen LogP contribution in [-0.2, 0) is 37.1 Å². The summed E-state index contributed by atoms with van der Waals surface area (Å²) in [6, 6.07) is 6.01. The highest BCUT2D eigenvalue weighted by Crippen LogP contribution is 2.38. The summed E-state index contributed by atoms with van der Waals surface area (Å²) in [5.41, 5.74) is 1.79. The maximum atomic E-state index is 13.3. The van der Waals surface area contributed by atoms with Gasteiger partial charge in [-0.3, -0.25) is 9.59 Å². The highest BCUT2D eigenvalue weighted by molar-refractivity contribution is 7.89. The fourth-order valence-electron chi connectivity index (χ4n) is 4.94. The number of anilines is 1. The molecule has 206 valence electrons. The minimum atomic E-state index is -3.82. The Labute approximate surface area is 227 Å². The molecule has 1 aliphatic heterocycles. The summed E-state index contributed by atoms with van der Waals surface area (Å²) in [7, 11) is -3.82. The standard InChI is InChI=1S/C27H34N2O7S2/c1-3-35-26(31)18-12-14-29(15-13-18)38(33,34)20-9-7-8-19(16-20)22(30)17-28-25-24(27(32)36-4-2)21-10-5-6-11-23(21)37-25/h7-9,16,18,28H,3-6,10-15,17H2,1-2H3. The van der Waals surface area contributed by atoms with Gasteiger partial charge in [0.25, 0.3) is 0 Å². The number of ketones is 1. The Hall–Kier alpha value is -2.76. The van der Waals surface area contributed by atoms with Crippen molar-refractivity contribution in [2.24, 2.45) is 5.92 Å². The van der Waals surface area contributed by atoms with Crippen molar-refractivity contribution < 1.29 is 32.3 Å². The molecule has 0 atom stereocenters. The van der Waals surface area contributed by atoms with E-state index in [-0.39, 0.29) is 60.3 Å². The molecule has 0 bridgehead atoms. The summed E-state index contributed by atoms with van der Waals surface area (Å²) in [5.74, 6) is -1.27. The Morgan fingerprint density at radius 2 is 1.76 bits per heavy atom. The molecule has 1 aromatic heterocycles. The van der Waals surface area contributed by atoms with Gasteiger partial charge >= 0.3 is 11.9 Å². The lowest BCUT2D eigenvalue weighted by atomic mass is 9.95. The van der Waals surface area contributed by atoms with Crippen molar-refractivity contribution >= 4 is 44.1 Å². The van der Waals surface area contributed by atoms with Gasteiger partial charge in [0.2, 0.25) is 10.0 Å². The maximum absolute atomic E-state index is 13.3. The largest absolute Gasteiger partial charge is 0.466 e. The molecule has 38 heavy (non-hydrogen) atoms. The number of hydrogen-bond acceptors (Lipinski definition) is 9. The van der Waals surface area contributed by atoms with E-state index in [0.717, 1.165) is 36.1 Å². The number of esters is 2. The molecule has 1 saturated heterocycles. The third kappa shape index (κ3) is 6.10. The molecule has 1 fully saturated rings. The summed E-state index contributed by atoms with van der Waals surface area (Å²) in [5, 5.41) is 3.74. The number of Topliss-reactive ketones (excluding diaryl/α,β-unsaturated/α-hetero) is 1. The first kappa shape index (κ1) is 28.3. The third-order valence-corrected chi connectivity index (χ3v) is 10.1. The van der Waals surface area contributed by atoms with Crippen LogP contribution in [0.2, 0.25) is 0 Å². The highest BCUT2D eigenvalue weighted by atomic mass is 32.2. The van der Waals surface area contributed by atoms with Crippen LogP contribution >= 0.6 is 11.3 Å². The van der Waals surface area contributed by atoms with Crippen LogP contribution < -0.4 is 5.32 Å². The molecule has 4 rings (SSSR count). The number of ether oxygens (including phenoxy) is 2. The second kappa shape index (κ2) is 12.4. The van der Waals surface area contributed by atoms with Crippen molar-refractivity contribution in [3.63, 3.8) is 0 Å². The Bertz CT molecular complexity index is 1290. The lowest BCUT2D eigenvalue weighted by molar-refractivity contribution is -0.149. The number of aryl methyl sites for hydroxylation is 1. The molecule has 1 aromatic carbocycles. The summed E-state index contributed by atoms with van der Waals surface area (Å²) < 4.78 is 38.2. The number of benzene rings is 1. The van der Waals surface area contributed by atoms with Gasteiger partial charge in [0.05, 0.1) is 36.1 Å². The van der Waals surface area contributed by atoms with Crippen molar-refractivity contribution in [2.45, 2.75) is 57.3 Å². The van der Waals surface area contributed by atoms with E-state index in [1.54, 1.807) is 26.0 Å². The number of hydrogen-bond donors (Lipinski definition) is 1. The maximum Gasteiger partial charge on any atom is 0.341 e. The van der Waals surface area contributed by atoms with Crippen molar-refractivity contribution in [3.8, 4) is 0 Å². The van der Waals surface area contributed by atoms with E-state index < -0.39 is 10.0 Å². The first-order valence-corrected chi connectivity index (χ1v) is 15.4. The summed E-state index contributed by atoms with van der Waals surface area (Å²) in [6.45, 7) is 4.41. The lowest BCUT2D eigenvalue weighted by Crippen LogP contribution is -2.40. The number of piperidine rings is 1. The minimum absolute atomic E-state index is 0.0386. The van der Waals surface area contributed by atoms with Gasteiger partial charge in [-0.25, -0.2) is 13.2 Å². The van der Waals surface area contributed by atoms with Gasteiger partial charge < -0.3 is 14.8 Å². The van der Waals surface area contributed by atoms with Crippen LogP contribution in [0.15, 0.2) is 29.2 Å². The number of carbonyl (C=O) groups excluding carboxylic acids is 3. The molecule has 2 aromatic rings. The Morgan fingerprint density at radius 3 is 2.47 bits per heavy atom. The second-order valence-electron chi connectivity index (χ2n) is 9.37. The smallest absolute Gasteiger partial charge is 0.341 e. The summed E-state index contributed by atoms with van der Waals surface area (Å²) in [4.78, 5) is 38.9. The normalized spacial score (nSPS) is 16.5. The molecular weight excluding hydrogens is 528 g/mol. The third-order valence-electron chi connectivity index (χ3n) is 6.93. The fourth-order valence-corrected chi connectivity index (χ4v) is 7.73. The predicted octanol–water partition coefficient (Wildman–Crippen LogP) is 4.06. The monoisotopic (exact) mass is 562 g/mol. The quantitative estimate of drug-likeness (QED) is 0.340. The molecule has 1 aliphatic carbocycles. The number of fused-ring (bicyclic) bond motifs is 1. The number of nitrogens with one attached hydrogen (secondary N) is 1. The fraction of sp³-hybridized carbons (Fsp3) is 0.519. The van der Waals surface area contributed by atoms with E-state index in [4.69, 9.17) is 9.47 Å². The van der Waals surface area contributed by atoms with E-state index in [1.807, 2.05) is 0 Å². The van der Waals surface area contributed by atoms with Gasteiger partial charge in [-0.15, -0.1) is 11.3 Å². The molecule has 1 N–H and O–H groups in total. The van der Waals surface area contributed by atoms with E-state index in [9.17, 15) is 22.8 Å². The van der Waals surface area contributed by atoms with Crippen molar-refractivity contribution in [2.75, 3.05) is 38.2 Å². The van der Waals surface area contributed by atoms with Gasteiger partial charge in [0.15, 0.2) is 5.78 Å². The Balaban J connectivity index is 1.45. The van der Waals surface area contributed by atoms with Gasteiger partial charge in [-0.05, 0) is 70.1 Å². The minimum Gasteiger partial charge on any atom is -0.466 e. The van der Waals surface area contributed by atoms with Crippen LogP contribution in [0.5, 0.6) is 0 Å². The van der Waals surface area contributed by atoms with Crippen molar-refractivity contribution in [1.82, 2.24) is 4.31 Å². The van der Waals surface area contributed by atoms with E-state index in [0.29, 0.717) is 30.0 Å². The number of nitrogens with zero attached hydrogens (tertiary/aromatic N) is 1. The average Bonchev–Trinajstić information content (AvgIpc) is 3.30. The van der Waals surface area contributed by atoms with Gasteiger partial charge in [0.1, 0.15) is 5.00 Å². The number of thiophene rings is 1. The molecule has 0 radical (unpaired) electrons. The zero-order valence-electron chi connectivity index (χ0n) is 21.8. The lowest BCUT2D eigenvalue weighted by Gasteiger charge is -2.30. The molecular formula is C27H34N2O7S2. The van der Waals surface area contributed by atoms with E-state index in [2.05, 4.69) is 5.32 Å². The van der Waals surface area contributed by atoms with Crippen LogP contribution in [0.25, 0.3) is 0 Å². The van der Waals surface area contributed by atoms with Crippen LogP contribution in [0.1, 0.15) is 70.7 Å². The number of rotatable bonds is 10. The van der Waals surface area contributed by atoms with Gasteiger partial charge in [0, 0.05) is 23.5 Å². The van der Waals surface area contributed by atoms with Gasteiger partial charge in [-0.2, -0.15) is 4.31 Å². The number of sulfonamides is 1. The number of carbonyl (C=O) groups is 3. The molecule has 2 heterocycles. The van der Waals surface area contributed by atoms with Crippen LogP contribution in [-0.4, -0.2) is 63.3 Å². The Morgan fingerprint density at radius 1 is 1.05 bits per heavy atom. The first-order chi connectivity index (χ1) is 18.3. The molecule has 0 spiro atoms. The predicted molar refractivity (Wildman–Crippen MR) is 144 cm³/mol. The van der Waals surface area contributed by atoms with Gasteiger partial charge in [-0.1, -0.05) is 12.1 Å².